The molecule has 1 atom stereocenters. The number of aromatic nitrogens is 2. The van der Waals surface area contributed by atoms with Crippen molar-refractivity contribution >= 4 is 5.97 Å². The number of carbonyl (C=O) groups is 1. The van der Waals surface area contributed by atoms with Gasteiger partial charge in [0, 0.05) is 23.9 Å². The molecule has 2 heterocycles. The molecule has 98 valence electrons. The van der Waals surface area contributed by atoms with Crippen molar-refractivity contribution in [3.05, 3.63) is 23.3 Å². The second kappa shape index (κ2) is 5.44. The van der Waals surface area contributed by atoms with Crippen molar-refractivity contribution in [3.8, 4) is 0 Å². The number of hydrogen-bond acceptors (Lipinski definition) is 5. The van der Waals surface area contributed by atoms with Gasteiger partial charge in [-0.25, -0.2) is 9.97 Å². The highest BCUT2D eigenvalue weighted by Gasteiger charge is 2.23. The Hall–Kier alpha value is -1.49. The first kappa shape index (κ1) is 13.0. The van der Waals surface area contributed by atoms with E-state index in [2.05, 4.69) is 26.7 Å². The van der Waals surface area contributed by atoms with Crippen LogP contribution in [0.5, 0.6) is 0 Å². The van der Waals surface area contributed by atoms with Gasteiger partial charge in [0.05, 0.1) is 7.11 Å². The fourth-order valence-electron chi connectivity index (χ4n) is 2.32. The Morgan fingerprint density at radius 2 is 2.33 bits per heavy atom. The highest BCUT2D eigenvalue weighted by Crippen LogP contribution is 2.25. The highest BCUT2D eigenvalue weighted by molar-refractivity contribution is 5.71. The van der Waals surface area contributed by atoms with Gasteiger partial charge in [-0.1, -0.05) is 0 Å². The van der Waals surface area contributed by atoms with Crippen LogP contribution in [0.3, 0.4) is 0 Å². The lowest BCUT2D eigenvalue weighted by Gasteiger charge is -2.11. The largest absolute Gasteiger partial charge is 0.469 e. The number of ether oxygens (including phenoxy) is 1. The van der Waals surface area contributed by atoms with Gasteiger partial charge in [-0.3, -0.25) is 4.79 Å². The quantitative estimate of drug-likeness (QED) is 0.746. The molecule has 1 aliphatic heterocycles. The lowest BCUT2D eigenvalue weighted by molar-refractivity contribution is -0.139. The topological polar surface area (TPSA) is 55.3 Å². The minimum Gasteiger partial charge on any atom is -0.469 e. The average Bonchev–Trinajstić information content (AvgIpc) is 2.75. The van der Waals surface area contributed by atoms with Crippen molar-refractivity contribution in [2.45, 2.75) is 25.7 Å². The molecule has 0 N–H and O–H groups in total. The Balaban J connectivity index is 2.18. The van der Waals surface area contributed by atoms with E-state index in [1.165, 1.54) is 7.11 Å². The molecule has 0 amide bonds. The van der Waals surface area contributed by atoms with Gasteiger partial charge in [0.15, 0.2) is 0 Å². The number of likely N-dealkylation sites (tertiary alicyclic amines) is 1. The number of rotatable bonds is 3. The molecular formula is C13H19N3O2. The summed E-state index contributed by atoms with van der Waals surface area (Å²) in [6.45, 7) is 4.05. The van der Waals surface area contributed by atoms with E-state index in [1.54, 1.807) is 0 Å². The maximum atomic E-state index is 11.3. The van der Waals surface area contributed by atoms with E-state index in [4.69, 9.17) is 0 Å². The van der Waals surface area contributed by atoms with E-state index < -0.39 is 0 Å². The molecule has 5 heteroatoms. The van der Waals surface area contributed by atoms with Crippen LogP contribution < -0.4 is 0 Å². The predicted molar refractivity (Wildman–Crippen MR) is 67.3 cm³/mol. The highest BCUT2D eigenvalue weighted by atomic mass is 16.5. The minimum atomic E-state index is -0.296. The number of aryl methyl sites for hydroxylation is 1. The Morgan fingerprint density at radius 1 is 1.56 bits per heavy atom. The lowest BCUT2D eigenvalue weighted by Crippen LogP contribution is -2.15. The van der Waals surface area contributed by atoms with Crippen LogP contribution in [0.4, 0.5) is 0 Å². The number of carbonyl (C=O) groups excluding carboxylic acids is 1. The standard InChI is InChI=1S/C13H19N3O2/c1-9-6-11(10-4-5-16(2)8-10)15-12(14-9)7-13(17)18-3/h6,10H,4-5,7-8H2,1-3H3. The van der Waals surface area contributed by atoms with E-state index in [9.17, 15) is 4.79 Å². The summed E-state index contributed by atoms with van der Waals surface area (Å²) in [5.41, 5.74) is 1.96. The van der Waals surface area contributed by atoms with E-state index >= 15 is 0 Å². The van der Waals surface area contributed by atoms with Gasteiger partial charge in [0.1, 0.15) is 12.2 Å². The SMILES string of the molecule is COC(=O)Cc1nc(C)cc(C2CCN(C)C2)n1. The zero-order valence-corrected chi connectivity index (χ0v) is 11.1. The Morgan fingerprint density at radius 3 is 2.94 bits per heavy atom. The molecule has 0 saturated carbocycles. The van der Waals surface area contributed by atoms with Crippen molar-refractivity contribution < 1.29 is 9.53 Å². The molecule has 18 heavy (non-hydrogen) atoms. The van der Waals surface area contributed by atoms with Gasteiger partial charge in [0.2, 0.25) is 0 Å². The Bertz CT molecular complexity index is 448. The lowest BCUT2D eigenvalue weighted by atomic mass is 10.0. The van der Waals surface area contributed by atoms with E-state index in [-0.39, 0.29) is 12.4 Å². The van der Waals surface area contributed by atoms with Gasteiger partial charge in [-0.15, -0.1) is 0 Å². The summed E-state index contributed by atoms with van der Waals surface area (Å²) in [7, 11) is 3.49. The van der Waals surface area contributed by atoms with Crippen LogP contribution in [0.2, 0.25) is 0 Å². The molecule has 0 radical (unpaired) electrons. The molecule has 1 fully saturated rings. The molecular weight excluding hydrogens is 230 g/mol. The average molecular weight is 249 g/mol. The van der Waals surface area contributed by atoms with Crippen LogP contribution >= 0.6 is 0 Å². The summed E-state index contributed by atoms with van der Waals surface area (Å²) in [5.74, 6) is 0.717. The van der Waals surface area contributed by atoms with Gasteiger partial charge in [-0.05, 0) is 33.0 Å². The molecule has 1 saturated heterocycles. The smallest absolute Gasteiger partial charge is 0.313 e. The molecule has 0 aliphatic carbocycles. The van der Waals surface area contributed by atoms with E-state index in [0.29, 0.717) is 11.7 Å². The van der Waals surface area contributed by atoms with Gasteiger partial charge in [0.25, 0.3) is 0 Å². The molecule has 1 aromatic rings. The summed E-state index contributed by atoms with van der Waals surface area (Å²) in [6.07, 6.45) is 1.26. The first-order valence-electron chi connectivity index (χ1n) is 6.18. The second-order valence-corrected chi connectivity index (χ2v) is 4.85. The molecule has 0 aromatic carbocycles. The van der Waals surface area contributed by atoms with Crippen LogP contribution in [-0.2, 0) is 16.0 Å². The zero-order valence-electron chi connectivity index (χ0n) is 11.1. The van der Waals surface area contributed by atoms with Crippen LogP contribution in [0, 0.1) is 6.92 Å². The van der Waals surface area contributed by atoms with Crippen LogP contribution in [-0.4, -0.2) is 48.1 Å². The van der Waals surface area contributed by atoms with Crippen LogP contribution in [0.1, 0.15) is 29.6 Å². The normalized spacial score (nSPS) is 20.1. The van der Waals surface area contributed by atoms with Crippen LogP contribution in [0.25, 0.3) is 0 Å². The van der Waals surface area contributed by atoms with E-state index in [0.717, 1.165) is 30.9 Å². The molecule has 1 unspecified atom stereocenters. The maximum absolute atomic E-state index is 11.3. The fourth-order valence-corrected chi connectivity index (χ4v) is 2.32. The number of methoxy groups -OCH3 is 1. The first-order valence-corrected chi connectivity index (χ1v) is 6.18. The van der Waals surface area contributed by atoms with Crippen molar-refractivity contribution in [2.24, 2.45) is 0 Å². The molecule has 0 bridgehead atoms. The molecule has 1 aliphatic rings. The Kier molecular flexibility index (Phi) is 3.91. The Labute approximate surface area is 107 Å². The monoisotopic (exact) mass is 249 g/mol. The summed E-state index contributed by atoms with van der Waals surface area (Å²) < 4.78 is 4.65. The third-order valence-corrected chi connectivity index (χ3v) is 3.26. The summed E-state index contributed by atoms with van der Waals surface area (Å²) in [4.78, 5) is 22.3. The minimum absolute atomic E-state index is 0.147. The summed E-state index contributed by atoms with van der Waals surface area (Å²) in [6, 6.07) is 2.02. The molecule has 0 spiro atoms. The third-order valence-electron chi connectivity index (χ3n) is 3.26. The van der Waals surface area contributed by atoms with Gasteiger partial charge < -0.3 is 9.64 Å². The van der Waals surface area contributed by atoms with E-state index in [1.807, 2.05) is 13.0 Å². The first-order chi connectivity index (χ1) is 8.58. The third kappa shape index (κ3) is 3.04. The number of hydrogen-bond donors (Lipinski definition) is 0. The van der Waals surface area contributed by atoms with Crippen molar-refractivity contribution in [1.29, 1.82) is 0 Å². The fraction of sp³-hybridized carbons (Fsp3) is 0.615. The summed E-state index contributed by atoms with van der Waals surface area (Å²) >= 11 is 0. The molecule has 5 nitrogen and oxygen atoms in total. The molecule has 1 aromatic heterocycles. The number of likely N-dealkylation sites (N-methyl/N-ethyl adjacent to an activating group) is 1. The maximum Gasteiger partial charge on any atom is 0.313 e. The zero-order chi connectivity index (χ0) is 13.1. The van der Waals surface area contributed by atoms with Crippen molar-refractivity contribution in [1.82, 2.24) is 14.9 Å². The van der Waals surface area contributed by atoms with Crippen molar-refractivity contribution in [3.63, 3.8) is 0 Å². The van der Waals surface area contributed by atoms with Gasteiger partial charge >= 0.3 is 5.97 Å². The van der Waals surface area contributed by atoms with Crippen LogP contribution in [0.15, 0.2) is 6.07 Å². The van der Waals surface area contributed by atoms with Gasteiger partial charge in [-0.2, -0.15) is 0 Å². The predicted octanol–water partition coefficient (Wildman–Crippen LogP) is 0.920. The van der Waals surface area contributed by atoms with Crippen molar-refractivity contribution in [2.75, 3.05) is 27.2 Å². The number of nitrogens with zero attached hydrogens (tertiary/aromatic N) is 3. The second-order valence-electron chi connectivity index (χ2n) is 4.85. The number of esters is 1. The summed E-state index contributed by atoms with van der Waals surface area (Å²) in [5, 5.41) is 0. The molecule has 2 rings (SSSR count).